The van der Waals surface area contributed by atoms with Crippen LogP contribution in [0.15, 0.2) is 22.7 Å². The van der Waals surface area contributed by atoms with Gasteiger partial charge in [0.2, 0.25) is 0 Å². The second kappa shape index (κ2) is 3.30. The number of aromatic amines is 1. The molecule has 0 fully saturated rings. The van der Waals surface area contributed by atoms with Gasteiger partial charge in [0.05, 0.1) is 0 Å². The van der Waals surface area contributed by atoms with Crippen LogP contribution in [0.5, 0.6) is 0 Å². The highest BCUT2D eigenvalue weighted by Crippen LogP contribution is 2.10. The molecule has 0 saturated carbocycles. The third kappa shape index (κ3) is 1.78. The third-order valence-electron chi connectivity index (χ3n) is 1.90. The van der Waals surface area contributed by atoms with E-state index in [4.69, 9.17) is 9.18 Å². The van der Waals surface area contributed by atoms with E-state index in [1.165, 1.54) is 5.46 Å². The topological polar surface area (TPSA) is 38.2 Å². The first-order valence-corrected chi connectivity index (χ1v) is 4.43. The Hall–Kier alpha value is -1.16. The summed E-state index contributed by atoms with van der Waals surface area (Å²) in [4.78, 5) is 0. The van der Waals surface area contributed by atoms with Gasteiger partial charge in [0.1, 0.15) is 5.52 Å². The zero-order valence-electron chi connectivity index (χ0n) is 7.83. The maximum atomic E-state index is 5.48. The summed E-state index contributed by atoms with van der Waals surface area (Å²) < 4.78 is 10.4. The van der Waals surface area contributed by atoms with Crippen LogP contribution in [-0.2, 0) is 4.65 Å². The fourth-order valence-electron chi connectivity index (χ4n) is 1.16. The molecule has 3 nitrogen and oxygen atoms in total. The largest absolute Gasteiger partial charge is 0.432 e. The zero-order valence-corrected chi connectivity index (χ0v) is 7.83. The van der Waals surface area contributed by atoms with Crippen LogP contribution in [0.2, 0.25) is 0 Å². The molecule has 4 heteroatoms. The van der Waals surface area contributed by atoms with E-state index in [0.29, 0.717) is 7.48 Å². The van der Waals surface area contributed by atoms with E-state index in [-0.39, 0.29) is 6.10 Å². The van der Waals surface area contributed by atoms with E-state index in [1.807, 2.05) is 32.0 Å². The lowest BCUT2D eigenvalue weighted by atomic mass is 9.87. The Kier molecular flexibility index (Phi) is 2.14. The molecule has 0 atom stereocenters. The molecule has 13 heavy (non-hydrogen) atoms. The van der Waals surface area contributed by atoms with Crippen LogP contribution < -0.4 is 5.46 Å². The Morgan fingerprint density at radius 1 is 1.46 bits per heavy atom. The van der Waals surface area contributed by atoms with Gasteiger partial charge in [-0.1, -0.05) is 11.5 Å². The molecule has 1 heterocycles. The Labute approximate surface area is 77.3 Å². The van der Waals surface area contributed by atoms with Crippen molar-refractivity contribution in [2.75, 3.05) is 0 Å². The molecule has 0 aliphatic heterocycles. The summed E-state index contributed by atoms with van der Waals surface area (Å²) in [6.45, 7) is 4.06. The molecule has 0 aliphatic carbocycles. The number of H-pyrrole nitrogens is 1. The van der Waals surface area contributed by atoms with Crippen molar-refractivity contribution < 1.29 is 9.18 Å². The summed E-state index contributed by atoms with van der Waals surface area (Å²) in [5.74, 6) is 0. The molecule has 1 N–H and O–H groups in total. The van der Waals surface area contributed by atoms with E-state index >= 15 is 0 Å². The standard InChI is InChI=1S/C9H12BNO2/c1-6(2)12-10-7-3-4-9-8(5-7)11-13-9/h3-6,10-11H,1-2H3. The minimum atomic E-state index is 0.273. The average molecular weight is 177 g/mol. The van der Waals surface area contributed by atoms with E-state index in [2.05, 4.69) is 5.16 Å². The highest BCUT2D eigenvalue weighted by atomic mass is 16.5. The Morgan fingerprint density at radius 3 is 2.85 bits per heavy atom. The Bertz CT molecular complexity index is 391. The van der Waals surface area contributed by atoms with Crippen LogP contribution in [0.4, 0.5) is 0 Å². The van der Waals surface area contributed by atoms with Crippen LogP contribution >= 0.6 is 0 Å². The monoisotopic (exact) mass is 177 g/mol. The molecule has 0 saturated heterocycles. The number of fused-ring (bicyclic) bond motifs is 1. The molecule has 0 bridgehead atoms. The Morgan fingerprint density at radius 2 is 2.31 bits per heavy atom. The lowest BCUT2D eigenvalue weighted by Crippen LogP contribution is -2.20. The maximum absolute atomic E-state index is 5.48. The van der Waals surface area contributed by atoms with Crippen molar-refractivity contribution in [2.24, 2.45) is 0 Å². The smallest absolute Gasteiger partial charge is 0.308 e. The fraction of sp³-hybridized carbons (Fsp3) is 0.333. The van der Waals surface area contributed by atoms with Gasteiger partial charge in [-0.05, 0) is 26.0 Å². The fourth-order valence-corrected chi connectivity index (χ4v) is 1.16. The molecule has 0 radical (unpaired) electrons. The quantitative estimate of drug-likeness (QED) is 0.714. The summed E-state index contributed by atoms with van der Waals surface area (Å²) in [7, 11) is 0.659. The molecule has 0 amide bonds. The molecule has 2 rings (SSSR count). The lowest BCUT2D eigenvalue weighted by Gasteiger charge is -2.07. The Balaban J connectivity index is 2.08. The highest BCUT2D eigenvalue weighted by Gasteiger charge is 2.04. The second-order valence-corrected chi connectivity index (χ2v) is 3.39. The minimum Gasteiger partial charge on any atom is -0.432 e. The molecule has 68 valence electrons. The number of nitrogens with one attached hydrogen (secondary N) is 1. The highest BCUT2D eigenvalue weighted by molar-refractivity contribution is 6.47. The van der Waals surface area contributed by atoms with E-state index in [9.17, 15) is 0 Å². The van der Waals surface area contributed by atoms with Crippen molar-refractivity contribution in [3.8, 4) is 0 Å². The molecule has 0 spiro atoms. The summed E-state index contributed by atoms with van der Waals surface area (Å²) >= 11 is 0. The van der Waals surface area contributed by atoms with Crippen LogP contribution in [0.1, 0.15) is 13.8 Å². The van der Waals surface area contributed by atoms with E-state index < -0.39 is 0 Å². The molecule has 1 aromatic carbocycles. The van der Waals surface area contributed by atoms with Gasteiger partial charge < -0.3 is 9.18 Å². The van der Waals surface area contributed by atoms with Crippen LogP contribution in [0.25, 0.3) is 11.1 Å². The van der Waals surface area contributed by atoms with Crippen LogP contribution in [-0.4, -0.2) is 18.7 Å². The normalized spacial score (nSPS) is 11.3. The van der Waals surface area contributed by atoms with Gasteiger partial charge >= 0.3 is 7.48 Å². The molecule has 1 aromatic heterocycles. The predicted octanol–water partition coefficient (Wildman–Crippen LogP) is 1.16. The summed E-state index contributed by atoms with van der Waals surface area (Å²) in [6, 6.07) is 6.01. The van der Waals surface area contributed by atoms with Gasteiger partial charge in [0.15, 0.2) is 5.58 Å². The second-order valence-electron chi connectivity index (χ2n) is 3.39. The predicted molar refractivity (Wildman–Crippen MR) is 53.6 cm³/mol. The zero-order chi connectivity index (χ0) is 9.26. The molecule has 0 aliphatic rings. The lowest BCUT2D eigenvalue weighted by molar-refractivity contribution is 0.260. The molecule has 2 aromatic rings. The number of rotatable bonds is 3. The van der Waals surface area contributed by atoms with Gasteiger partial charge in [-0.15, -0.1) is 0 Å². The van der Waals surface area contributed by atoms with Crippen molar-refractivity contribution in [3.63, 3.8) is 0 Å². The van der Waals surface area contributed by atoms with Crippen molar-refractivity contribution in [2.45, 2.75) is 20.0 Å². The third-order valence-corrected chi connectivity index (χ3v) is 1.90. The summed E-state index contributed by atoms with van der Waals surface area (Å²) in [6.07, 6.45) is 0.273. The van der Waals surface area contributed by atoms with Gasteiger partial charge in [-0.2, -0.15) is 0 Å². The number of benzene rings is 1. The number of hydrogen-bond donors (Lipinski definition) is 1. The minimum absolute atomic E-state index is 0.273. The first kappa shape index (κ1) is 8.44. The van der Waals surface area contributed by atoms with Gasteiger partial charge in [-0.25, -0.2) is 5.16 Å². The van der Waals surface area contributed by atoms with E-state index in [0.717, 1.165) is 11.1 Å². The van der Waals surface area contributed by atoms with Crippen molar-refractivity contribution in [3.05, 3.63) is 18.2 Å². The summed E-state index contributed by atoms with van der Waals surface area (Å²) in [5, 5.41) is 2.76. The van der Waals surface area contributed by atoms with Crippen LogP contribution in [0, 0.1) is 0 Å². The van der Waals surface area contributed by atoms with Crippen molar-refractivity contribution >= 4 is 24.0 Å². The maximum Gasteiger partial charge on any atom is 0.308 e. The van der Waals surface area contributed by atoms with Crippen LogP contribution in [0.3, 0.4) is 0 Å². The first-order valence-electron chi connectivity index (χ1n) is 4.43. The van der Waals surface area contributed by atoms with Crippen molar-refractivity contribution in [1.29, 1.82) is 0 Å². The SMILES string of the molecule is CC(C)OBc1ccc2o[nH]c2c1. The summed E-state index contributed by atoms with van der Waals surface area (Å²) in [5.41, 5.74) is 3.13. The van der Waals surface area contributed by atoms with Gasteiger partial charge in [0.25, 0.3) is 0 Å². The molecule has 0 unspecified atom stereocenters. The van der Waals surface area contributed by atoms with Gasteiger partial charge in [0, 0.05) is 6.10 Å². The van der Waals surface area contributed by atoms with E-state index in [1.54, 1.807) is 0 Å². The van der Waals surface area contributed by atoms with Crippen molar-refractivity contribution in [1.82, 2.24) is 5.16 Å². The molecular weight excluding hydrogens is 165 g/mol. The number of hydrogen-bond acceptors (Lipinski definition) is 2. The molecular formula is C9H12BNO2. The van der Waals surface area contributed by atoms with Gasteiger partial charge in [-0.3, -0.25) is 0 Å². The number of aromatic nitrogens is 1. The first-order chi connectivity index (χ1) is 6.25. The average Bonchev–Trinajstić information content (AvgIpc) is 2.05.